The minimum absolute atomic E-state index is 0. The summed E-state index contributed by atoms with van der Waals surface area (Å²) in [6, 6.07) is 14.2. The number of halogens is 1. The van der Waals surface area contributed by atoms with Gasteiger partial charge in [-0.3, -0.25) is 9.69 Å². The largest absolute Gasteiger partial charge is 0.489 e. The molecule has 0 bridgehead atoms. The van der Waals surface area contributed by atoms with E-state index in [2.05, 4.69) is 41.4 Å². The molecular weight excluding hydrogens is 376 g/mol. The molecule has 1 N–H and O–H groups in total. The molecule has 1 saturated heterocycles. The zero-order valence-corrected chi connectivity index (χ0v) is 17.0. The van der Waals surface area contributed by atoms with Crippen LogP contribution in [0.5, 0.6) is 5.75 Å². The summed E-state index contributed by atoms with van der Waals surface area (Å²) in [5.74, 6) is 0.766. The highest BCUT2D eigenvalue weighted by molar-refractivity contribution is 5.99. The molecule has 150 valence electrons. The van der Waals surface area contributed by atoms with Gasteiger partial charge in [-0.2, -0.15) is 0 Å². The highest BCUT2D eigenvalue weighted by Crippen LogP contribution is 2.27. The van der Waals surface area contributed by atoms with E-state index in [-0.39, 0.29) is 18.3 Å². The number of amides is 1. The summed E-state index contributed by atoms with van der Waals surface area (Å²) in [5, 5.41) is 2.84. The lowest BCUT2D eigenvalue weighted by molar-refractivity contribution is -0.0574. The predicted octanol–water partition coefficient (Wildman–Crippen LogP) is 3.54. The molecule has 6 heteroatoms. The maximum absolute atomic E-state index is 11.7. The lowest BCUT2D eigenvalue weighted by atomic mass is 10.1. The molecule has 28 heavy (non-hydrogen) atoms. The van der Waals surface area contributed by atoms with Gasteiger partial charge in [-0.05, 0) is 29.7 Å². The van der Waals surface area contributed by atoms with E-state index >= 15 is 0 Å². The van der Waals surface area contributed by atoms with Crippen LogP contribution in [0.4, 0.5) is 0 Å². The molecule has 0 unspecified atom stereocenters. The van der Waals surface area contributed by atoms with Gasteiger partial charge in [0.25, 0.3) is 5.91 Å². The normalized spacial score (nSPS) is 16.1. The Morgan fingerprint density at radius 3 is 2.61 bits per heavy atom. The summed E-state index contributed by atoms with van der Waals surface area (Å²) in [7, 11) is 0. The molecule has 0 aliphatic carbocycles. The fraction of sp³-hybridized carbons (Fsp3) is 0.409. The van der Waals surface area contributed by atoms with Gasteiger partial charge in [-0.15, -0.1) is 12.4 Å². The van der Waals surface area contributed by atoms with Gasteiger partial charge in [0.1, 0.15) is 12.4 Å². The average Bonchev–Trinajstić information content (AvgIpc) is 3.04. The van der Waals surface area contributed by atoms with Crippen LogP contribution in [-0.2, 0) is 24.4 Å². The van der Waals surface area contributed by atoms with E-state index in [0.29, 0.717) is 19.3 Å². The number of carbonyl (C=O) groups is 1. The van der Waals surface area contributed by atoms with Crippen molar-refractivity contribution in [1.82, 2.24) is 10.2 Å². The monoisotopic (exact) mass is 402 g/mol. The molecule has 5 nitrogen and oxygen atoms in total. The molecule has 1 amide bonds. The molecule has 4 rings (SSSR count). The van der Waals surface area contributed by atoms with Crippen LogP contribution < -0.4 is 10.1 Å². The predicted molar refractivity (Wildman–Crippen MR) is 111 cm³/mol. The Hall–Kier alpha value is -2.08. The highest BCUT2D eigenvalue weighted by atomic mass is 35.5. The van der Waals surface area contributed by atoms with E-state index in [1.807, 2.05) is 18.2 Å². The minimum atomic E-state index is -0.0202. The quantitative estimate of drug-likeness (QED) is 0.733. The maximum atomic E-state index is 11.7. The molecule has 2 aliphatic heterocycles. The van der Waals surface area contributed by atoms with Gasteiger partial charge in [0, 0.05) is 43.9 Å². The zero-order valence-electron chi connectivity index (χ0n) is 16.1. The topological polar surface area (TPSA) is 50.8 Å². The molecule has 2 heterocycles. The molecule has 1 fully saturated rings. The third-order valence-corrected chi connectivity index (χ3v) is 5.11. The van der Waals surface area contributed by atoms with Crippen molar-refractivity contribution >= 4 is 18.3 Å². The highest BCUT2D eigenvalue weighted by Gasteiger charge is 2.26. The number of nitrogens with zero attached hydrogens (tertiary/aromatic N) is 1. The van der Waals surface area contributed by atoms with Crippen LogP contribution in [0.15, 0.2) is 42.5 Å². The summed E-state index contributed by atoms with van der Waals surface area (Å²) >= 11 is 0. The lowest BCUT2D eigenvalue weighted by Gasteiger charge is -2.39. The minimum Gasteiger partial charge on any atom is -0.489 e. The fourth-order valence-corrected chi connectivity index (χ4v) is 3.56. The van der Waals surface area contributed by atoms with E-state index in [1.54, 1.807) is 0 Å². The summed E-state index contributed by atoms with van der Waals surface area (Å²) in [4.78, 5) is 14.1. The van der Waals surface area contributed by atoms with Crippen molar-refractivity contribution in [3.05, 3.63) is 64.7 Å². The van der Waals surface area contributed by atoms with Crippen LogP contribution in [0.3, 0.4) is 0 Å². The molecule has 0 saturated carbocycles. The van der Waals surface area contributed by atoms with Crippen molar-refractivity contribution in [3.63, 3.8) is 0 Å². The molecule has 0 radical (unpaired) electrons. The van der Waals surface area contributed by atoms with Crippen LogP contribution in [0, 0.1) is 0 Å². The van der Waals surface area contributed by atoms with Gasteiger partial charge in [-0.25, -0.2) is 0 Å². The Kier molecular flexibility index (Phi) is 6.94. The molecule has 0 atom stereocenters. The van der Waals surface area contributed by atoms with Gasteiger partial charge in [0.15, 0.2) is 0 Å². The summed E-state index contributed by atoms with van der Waals surface area (Å²) in [6.07, 6.45) is 1.49. The number of carbonyl (C=O) groups excluding carboxylic acids is 1. The fourth-order valence-electron chi connectivity index (χ4n) is 3.56. The number of benzene rings is 2. The van der Waals surface area contributed by atoms with E-state index in [0.717, 1.165) is 55.1 Å². The number of hydrogen-bond acceptors (Lipinski definition) is 4. The van der Waals surface area contributed by atoms with Crippen molar-refractivity contribution in [1.29, 1.82) is 0 Å². The molecule has 2 aromatic rings. The zero-order chi connectivity index (χ0) is 18.6. The van der Waals surface area contributed by atoms with Crippen molar-refractivity contribution in [2.24, 2.45) is 0 Å². The van der Waals surface area contributed by atoms with Gasteiger partial charge in [-0.1, -0.05) is 37.3 Å². The van der Waals surface area contributed by atoms with Crippen LogP contribution in [0.1, 0.15) is 40.4 Å². The number of hydrogen-bond donors (Lipinski definition) is 1. The SMILES string of the molecule is CCCOC1CN(Cc2ccc(COc3cccc4c3CNC4=O)cc2)C1.Cl. The number of ether oxygens (including phenoxy) is 2. The van der Waals surface area contributed by atoms with E-state index in [4.69, 9.17) is 9.47 Å². The second kappa shape index (κ2) is 9.41. The number of likely N-dealkylation sites (tertiary alicyclic amines) is 1. The summed E-state index contributed by atoms with van der Waals surface area (Å²) in [6.45, 7) is 7.06. The molecular formula is C22H27ClN2O3. The Balaban J connectivity index is 0.00000225. The van der Waals surface area contributed by atoms with Crippen LogP contribution in [0.2, 0.25) is 0 Å². The first-order chi connectivity index (χ1) is 13.2. The van der Waals surface area contributed by atoms with Crippen molar-refractivity contribution < 1.29 is 14.3 Å². The summed E-state index contributed by atoms with van der Waals surface area (Å²) < 4.78 is 11.7. The Morgan fingerprint density at radius 2 is 1.86 bits per heavy atom. The van der Waals surface area contributed by atoms with Gasteiger partial charge in [0.05, 0.1) is 6.10 Å². The number of nitrogens with one attached hydrogen (secondary N) is 1. The lowest BCUT2D eigenvalue weighted by Crippen LogP contribution is -2.51. The second-order valence-corrected chi connectivity index (χ2v) is 7.26. The van der Waals surface area contributed by atoms with Gasteiger partial charge < -0.3 is 14.8 Å². The Bertz CT molecular complexity index is 804. The van der Waals surface area contributed by atoms with Crippen LogP contribution in [0.25, 0.3) is 0 Å². The van der Waals surface area contributed by atoms with Crippen molar-refractivity contribution in [2.75, 3.05) is 19.7 Å². The van der Waals surface area contributed by atoms with Crippen LogP contribution >= 0.6 is 12.4 Å². The van der Waals surface area contributed by atoms with E-state index in [9.17, 15) is 4.79 Å². The molecule has 2 aliphatic rings. The molecule has 2 aromatic carbocycles. The van der Waals surface area contributed by atoms with Crippen molar-refractivity contribution in [3.8, 4) is 5.75 Å². The average molecular weight is 403 g/mol. The third-order valence-electron chi connectivity index (χ3n) is 5.11. The standard InChI is InChI=1S/C22H26N2O3.ClH/c1-2-10-26-18-13-24(14-18)12-16-6-8-17(9-7-16)15-27-21-5-3-4-19-20(21)11-23-22(19)25;/h3-9,18H,2,10-15H2,1H3,(H,23,25);1H. The van der Waals surface area contributed by atoms with Crippen LogP contribution in [-0.4, -0.2) is 36.6 Å². The Labute approximate surface area is 172 Å². The second-order valence-electron chi connectivity index (χ2n) is 7.26. The third kappa shape index (κ3) is 4.66. The van der Waals surface area contributed by atoms with Crippen molar-refractivity contribution in [2.45, 2.75) is 39.1 Å². The van der Waals surface area contributed by atoms with E-state index in [1.165, 1.54) is 5.56 Å². The Morgan fingerprint density at radius 1 is 1.11 bits per heavy atom. The van der Waals surface area contributed by atoms with E-state index < -0.39 is 0 Å². The number of fused-ring (bicyclic) bond motifs is 1. The first kappa shape index (κ1) is 20.6. The molecule has 0 aromatic heterocycles. The first-order valence-corrected chi connectivity index (χ1v) is 9.67. The number of rotatable bonds is 8. The van der Waals surface area contributed by atoms with Gasteiger partial charge in [0.2, 0.25) is 0 Å². The maximum Gasteiger partial charge on any atom is 0.252 e. The summed E-state index contributed by atoms with van der Waals surface area (Å²) in [5.41, 5.74) is 4.11. The first-order valence-electron chi connectivity index (χ1n) is 9.67. The molecule has 0 spiro atoms. The smallest absolute Gasteiger partial charge is 0.252 e. The van der Waals surface area contributed by atoms with Gasteiger partial charge >= 0.3 is 0 Å².